The fraction of sp³-hybridized carbons (Fsp3) is 0.385. The van der Waals surface area contributed by atoms with Crippen molar-refractivity contribution in [2.45, 2.75) is 26.0 Å². The van der Waals surface area contributed by atoms with Gasteiger partial charge in [0, 0.05) is 6.07 Å². The summed E-state index contributed by atoms with van der Waals surface area (Å²) in [6.07, 6.45) is -0.282. The number of benzene rings is 1. The second-order valence-electron chi connectivity index (χ2n) is 4.51. The van der Waals surface area contributed by atoms with Crippen LogP contribution in [0.1, 0.15) is 13.8 Å². The Hall–Kier alpha value is -1.69. The van der Waals surface area contributed by atoms with E-state index in [0.717, 1.165) is 0 Å². The van der Waals surface area contributed by atoms with E-state index in [0.29, 0.717) is 17.4 Å². The van der Waals surface area contributed by atoms with E-state index in [1.165, 1.54) is 17.0 Å². The first-order chi connectivity index (χ1) is 8.97. The largest absolute Gasteiger partial charge is 0.489 e. The molecule has 0 saturated carbocycles. The van der Waals surface area contributed by atoms with Gasteiger partial charge in [-0.1, -0.05) is 6.07 Å². The third kappa shape index (κ3) is 3.20. The van der Waals surface area contributed by atoms with Crippen LogP contribution in [0.2, 0.25) is 0 Å². The Morgan fingerprint density at radius 1 is 1.58 bits per heavy atom. The first kappa shape index (κ1) is 13.7. The number of hydrogen-bond donors (Lipinski definition) is 1. The van der Waals surface area contributed by atoms with E-state index in [2.05, 4.69) is 5.32 Å². The van der Waals surface area contributed by atoms with Gasteiger partial charge in [0.1, 0.15) is 23.7 Å². The van der Waals surface area contributed by atoms with E-state index in [1.54, 1.807) is 19.1 Å². The molecular formula is C13H15FN2O2S. The predicted molar refractivity (Wildman–Crippen MR) is 73.4 cm³/mol. The summed E-state index contributed by atoms with van der Waals surface area (Å²) in [6, 6.07) is 5.61. The zero-order valence-corrected chi connectivity index (χ0v) is 11.5. The summed E-state index contributed by atoms with van der Waals surface area (Å²) < 4.78 is 18.6. The molecule has 0 bridgehead atoms. The van der Waals surface area contributed by atoms with Gasteiger partial charge in [-0.2, -0.15) is 0 Å². The predicted octanol–water partition coefficient (Wildman–Crippen LogP) is 1.70. The van der Waals surface area contributed by atoms with Crippen molar-refractivity contribution in [3.63, 3.8) is 0 Å². The molecule has 1 aliphatic heterocycles. The number of hydrogen-bond acceptors (Lipinski definition) is 3. The molecule has 1 aromatic rings. The topological polar surface area (TPSA) is 41.6 Å². The summed E-state index contributed by atoms with van der Waals surface area (Å²) in [5, 5.41) is 3.30. The van der Waals surface area contributed by atoms with Gasteiger partial charge in [0.05, 0.1) is 6.54 Å². The third-order valence-corrected chi connectivity index (χ3v) is 3.13. The fourth-order valence-electron chi connectivity index (χ4n) is 1.90. The minimum absolute atomic E-state index is 0.0697. The van der Waals surface area contributed by atoms with Crippen LogP contribution >= 0.6 is 12.2 Å². The number of halogens is 1. The molecule has 19 heavy (non-hydrogen) atoms. The number of rotatable bonds is 4. The van der Waals surface area contributed by atoms with Crippen molar-refractivity contribution in [3.8, 4) is 5.75 Å². The van der Waals surface area contributed by atoms with E-state index >= 15 is 0 Å². The van der Waals surface area contributed by atoms with Crippen molar-refractivity contribution in [1.82, 2.24) is 10.2 Å². The lowest BCUT2D eigenvalue weighted by Crippen LogP contribution is -2.38. The molecule has 1 aliphatic rings. The summed E-state index contributed by atoms with van der Waals surface area (Å²) in [5.74, 6) is 0.0125. The molecule has 1 fully saturated rings. The van der Waals surface area contributed by atoms with Crippen LogP contribution in [0.4, 0.5) is 4.39 Å². The zero-order valence-electron chi connectivity index (χ0n) is 10.7. The molecule has 4 nitrogen and oxygen atoms in total. The number of ether oxygens (including phenoxy) is 1. The van der Waals surface area contributed by atoms with E-state index in [-0.39, 0.29) is 23.9 Å². The highest BCUT2D eigenvalue weighted by Gasteiger charge is 2.33. The highest BCUT2D eigenvalue weighted by atomic mass is 32.1. The molecule has 2 rings (SSSR count). The number of thiocarbonyl (C=S) groups is 1. The highest BCUT2D eigenvalue weighted by molar-refractivity contribution is 7.80. The number of nitrogens with zero attached hydrogens (tertiary/aromatic N) is 1. The van der Waals surface area contributed by atoms with Crippen LogP contribution in [0.3, 0.4) is 0 Å². The minimum atomic E-state index is -0.354. The summed E-state index contributed by atoms with van der Waals surface area (Å²) in [5.41, 5.74) is 0. The van der Waals surface area contributed by atoms with Crippen LogP contribution in [0.5, 0.6) is 5.75 Å². The molecule has 102 valence electrons. The van der Waals surface area contributed by atoms with E-state index in [9.17, 15) is 9.18 Å². The fourth-order valence-corrected chi connectivity index (χ4v) is 2.24. The second-order valence-corrected chi connectivity index (χ2v) is 4.89. The van der Waals surface area contributed by atoms with Crippen LogP contribution in [0.15, 0.2) is 24.3 Å². The Kier molecular flexibility index (Phi) is 3.99. The summed E-state index contributed by atoms with van der Waals surface area (Å²) >= 11 is 5.08. The first-order valence-corrected chi connectivity index (χ1v) is 6.42. The van der Waals surface area contributed by atoms with Crippen molar-refractivity contribution >= 4 is 23.2 Å². The molecule has 2 atom stereocenters. The van der Waals surface area contributed by atoms with Gasteiger partial charge >= 0.3 is 0 Å². The lowest BCUT2D eigenvalue weighted by atomic mass is 10.3. The van der Waals surface area contributed by atoms with Crippen molar-refractivity contribution in [3.05, 3.63) is 30.1 Å². The summed E-state index contributed by atoms with van der Waals surface area (Å²) in [7, 11) is 0. The summed E-state index contributed by atoms with van der Waals surface area (Å²) in [6.45, 7) is 3.90. The number of carbonyl (C=O) groups excluding carboxylic acids is 1. The Balaban J connectivity index is 1.96. The molecule has 0 radical (unpaired) electrons. The van der Waals surface area contributed by atoms with Gasteiger partial charge in [0.2, 0.25) is 0 Å². The smallest absolute Gasteiger partial charge is 0.251 e. The minimum Gasteiger partial charge on any atom is -0.489 e. The lowest BCUT2D eigenvalue weighted by Gasteiger charge is -2.21. The van der Waals surface area contributed by atoms with Crippen LogP contribution in [0, 0.1) is 5.82 Å². The van der Waals surface area contributed by atoms with Gasteiger partial charge in [-0.05, 0) is 38.2 Å². The average Bonchev–Trinajstić information content (AvgIpc) is 2.56. The molecule has 0 aliphatic carbocycles. The third-order valence-electron chi connectivity index (χ3n) is 2.79. The van der Waals surface area contributed by atoms with E-state index in [1.807, 2.05) is 6.92 Å². The number of nitrogens with one attached hydrogen (secondary N) is 1. The first-order valence-electron chi connectivity index (χ1n) is 6.01. The molecule has 0 unspecified atom stereocenters. The maximum absolute atomic E-state index is 13.0. The molecular weight excluding hydrogens is 267 g/mol. The maximum Gasteiger partial charge on any atom is 0.251 e. The van der Waals surface area contributed by atoms with Gasteiger partial charge in [0.25, 0.3) is 5.91 Å². The maximum atomic E-state index is 13.0. The van der Waals surface area contributed by atoms with E-state index < -0.39 is 0 Å². The average molecular weight is 282 g/mol. The second kappa shape index (κ2) is 5.52. The summed E-state index contributed by atoms with van der Waals surface area (Å²) in [4.78, 5) is 13.3. The molecule has 1 aromatic carbocycles. The SMILES string of the molecule is C[C@@H](CN1C(=O)[C@@H](C)NC1=S)Oc1cccc(F)c1. The van der Waals surface area contributed by atoms with Gasteiger partial charge in [-0.15, -0.1) is 0 Å². The van der Waals surface area contributed by atoms with Crippen molar-refractivity contribution in [2.24, 2.45) is 0 Å². The van der Waals surface area contributed by atoms with Crippen LogP contribution in [0.25, 0.3) is 0 Å². The molecule has 1 heterocycles. The zero-order chi connectivity index (χ0) is 14.0. The molecule has 0 aromatic heterocycles. The Morgan fingerprint density at radius 2 is 2.32 bits per heavy atom. The Morgan fingerprint density at radius 3 is 2.89 bits per heavy atom. The van der Waals surface area contributed by atoms with Crippen molar-refractivity contribution in [2.75, 3.05) is 6.54 Å². The Bertz CT molecular complexity index is 509. The molecule has 1 saturated heterocycles. The molecule has 1 amide bonds. The Labute approximate surface area is 116 Å². The normalized spacial score (nSPS) is 20.4. The van der Waals surface area contributed by atoms with Crippen molar-refractivity contribution < 1.29 is 13.9 Å². The standard InChI is InChI=1S/C13H15FN2O2S/c1-8(18-11-5-3-4-10(14)6-11)7-16-12(17)9(2)15-13(16)19/h3-6,8-9H,7H2,1-2H3,(H,15,19)/t8-,9+/m0/s1. The molecule has 6 heteroatoms. The van der Waals surface area contributed by atoms with Crippen LogP contribution in [-0.4, -0.2) is 34.6 Å². The van der Waals surface area contributed by atoms with Gasteiger partial charge in [0.15, 0.2) is 5.11 Å². The molecule has 0 spiro atoms. The van der Waals surface area contributed by atoms with E-state index in [4.69, 9.17) is 17.0 Å². The lowest BCUT2D eigenvalue weighted by molar-refractivity contribution is -0.127. The highest BCUT2D eigenvalue weighted by Crippen LogP contribution is 2.15. The van der Waals surface area contributed by atoms with Gasteiger partial charge in [-0.25, -0.2) is 4.39 Å². The quantitative estimate of drug-likeness (QED) is 0.854. The number of carbonyl (C=O) groups is 1. The number of amides is 1. The monoisotopic (exact) mass is 282 g/mol. The van der Waals surface area contributed by atoms with Crippen molar-refractivity contribution in [1.29, 1.82) is 0 Å². The van der Waals surface area contributed by atoms with Gasteiger partial charge < -0.3 is 10.1 Å². The van der Waals surface area contributed by atoms with Crippen LogP contribution < -0.4 is 10.1 Å². The molecule has 1 N–H and O–H groups in total. The van der Waals surface area contributed by atoms with Crippen LogP contribution in [-0.2, 0) is 4.79 Å². The van der Waals surface area contributed by atoms with Gasteiger partial charge in [-0.3, -0.25) is 9.69 Å².